The lowest BCUT2D eigenvalue weighted by Gasteiger charge is -2.29. The number of carbonyl (C=O) groups excluding carboxylic acids is 7. The molecule has 0 spiro atoms. The minimum Gasteiger partial charge on any atom is -0.497 e. The quantitative estimate of drug-likeness (QED) is 0.0239. The number of pyridine rings is 1. The number of methoxy groups -OCH3 is 1. The van der Waals surface area contributed by atoms with Gasteiger partial charge in [0.05, 0.1) is 55.9 Å². The number of imidazole rings is 1. The van der Waals surface area contributed by atoms with Crippen LogP contribution in [0.5, 0.6) is 5.75 Å². The van der Waals surface area contributed by atoms with Crippen molar-refractivity contribution in [2.45, 2.75) is 210 Å². The summed E-state index contributed by atoms with van der Waals surface area (Å²) < 4.78 is 40.8. The summed E-state index contributed by atoms with van der Waals surface area (Å²) in [6.07, 6.45) is 22.8. The number of aryl methyl sites for hydroxylation is 3. The van der Waals surface area contributed by atoms with Crippen molar-refractivity contribution in [3.05, 3.63) is 220 Å². The van der Waals surface area contributed by atoms with Crippen LogP contribution in [-0.2, 0) is 32.0 Å². The third-order valence-electron chi connectivity index (χ3n) is 30.5. The third-order valence-corrected chi connectivity index (χ3v) is 30.5. The SMILES string of the molecule is COc1ccc(N2C[C@H](C)[C@H](NC(=O)c3cc(C4CC4)on3)C2)cc1.C[C@@H]1CN(c2cccnc2)C[C@H]1NC(=O)c1cc(C2CC2)on1.C[C@H]1CN(CC(=O)N2CCNCC2)C[C@H]1NC(=O)c1cc(C2CC2)on1.C[C@H]1CN(Cc2ccnn2C)C[C@H]1NC(=O)c1cc(C2CC2)on1.C[C@H]1CN(Cc2nccn2C)C[C@H]1NC(=O)c1cc(C2CC2)on1.Cc1cccc(N2C[C@H](C)[C@H](NC(=O)c3cc(C4CC4)on3)C2)c1. The zero-order valence-electron chi connectivity index (χ0n) is 85.3. The Morgan fingerprint density at radius 2 is 0.740 bits per heavy atom. The number of amides is 7. The maximum Gasteiger partial charge on any atom is 0.273 e. The Morgan fingerprint density at radius 3 is 1.09 bits per heavy atom. The number of nitrogens with zero attached hydrogens (tertiary/aromatic N) is 18. The molecule has 7 amide bonds. The van der Waals surface area contributed by atoms with Gasteiger partial charge in [0.25, 0.3) is 35.4 Å². The summed E-state index contributed by atoms with van der Waals surface area (Å²) in [6, 6.07) is 33.8. The number of carbonyl (C=O) groups is 7. The van der Waals surface area contributed by atoms with Crippen LogP contribution in [-0.4, -0.2) is 271 Å². The second-order valence-corrected chi connectivity index (χ2v) is 42.8. The Hall–Kier alpha value is -13.4. The first-order chi connectivity index (χ1) is 70.7. The Morgan fingerprint density at radius 1 is 0.384 bits per heavy atom. The highest BCUT2D eigenvalue weighted by Crippen LogP contribution is 2.45. The van der Waals surface area contributed by atoms with Crippen LogP contribution in [0.1, 0.15) is 269 Å². The molecular weight excluding hydrogens is 1860 g/mol. The van der Waals surface area contributed by atoms with Crippen molar-refractivity contribution in [2.75, 3.05) is 133 Å². The van der Waals surface area contributed by atoms with E-state index >= 15 is 0 Å². The molecule has 39 heteroatoms. The van der Waals surface area contributed by atoms with Crippen molar-refractivity contribution >= 4 is 58.4 Å². The third kappa shape index (κ3) is 26.3. The summed E-state index contributed by atoms with van der Waals surface area (Å²) in [6.45, 7) is 30.6. The van der Waals surface area contributed by atoms with Crippen molar-refractivity contribution in [3.8, 4) is 5.75 Å². The second-order valence-electron chi connectivity index (χ2n) is 42.8. The lowest BCUT2D eigenvalue weighted by molar-refractivity contribution is -0.132. The molecule has 6 aliphatic carbocycles. The number of hydrogen-bond acceptors (Lipinski definition) is 30. The van der Waals surface area contributed by atoms with Crippen LogP contribution in [0.15, 0.2) is 161 Å². The number of ether oxygens (including phenoxy) is 1. The fraction of sp³-hybridized carbons (Fsp3) is 0.551. The minimum absolute atomic E-state index is 0.0272. The van der Waals surface area contributed by atoms with Gasteiger partial charge in [-0.3, -0.25) is 57.9 Å². The van der Waals surface area contributed by atoms with E-state index in [1.807, 2.05) is 83.4 Å². The Kier molecular flexibility index (Phi) is 31.7. The monoisotopic (exact) mass is 2000 g/mol. The lowest BCUT2D eigenvalue weighted by atomic mass is 10.1. The van der Waals surface area contributed by atoms with Crippen molar-refractivity contribution in [3.63, 3.8) is 0 Å². The number of rotatable bonds is 28. The highest BCUT2D eigenvalue weighted by molar-refractivity contribution is 5.95. The molecule has 146 heavy (non-hydrogen) atoms. The molecule has 0 radical (unpaired) electrons. The van der Waals surface area contributed by atoms with Gasteiger partial charge in [0, 0.05) is 252 Å². The number of likely N-dealkylation sites (tertiary alicyclic amines) is 3. The highest BCUT2D eigenvalue weighted by atomic mass is 16.5. The summed E-state index contributed by atoms with van der Waals surface area (Å²) in [5, 5.41) is 49.6. The first kappa shape index (κ1) is 101. The topological polar surface area (TPSA) is 440 Å². The van der Waals surface area contributed by atoms with E-state index in [0.717, 1.165) is 246 Å². The Labute approximate surface area is 850 Å². The smallest absolute Gasteiger partial charge is 0.273 e. The lowest BCUT2D eigenvalue weighted by Crippen LogP contribution is -2.49. The van der Waals surface area contributed by atoms with E-state index in [1.165, 1.54) is 16.9 Å². The van der Waals surface area contributed by atoms with E-state index in [0.29, 0.717) is 118 Å². The number of aromatic nitrogens is 11. The van der Waals surface area contributed by atoms with Gasteiger partial charge >= 0.3 is 0 Å². The first-order valence-electron chi connectivity index (χ1n) is 52.3. The average Bonchev–Trinajstić information content (AvgIpc) is 1.68. The van der Waals surface area contributed by atoms with Gasteiger partial charge in [0.1, 0.15) is 46.1 Å². The molecule has 0 unspecified atom stereocenters. The molecule has 9 aromatic heterocycles. The molecule has 16 heterocycles. The van der Waals surface area contributed by atoms with Gasteiger partial charge in [-0.15, -0.1) is 0 Å². The standard InChI is InChI=1S/C19H23N3O3.C19H23N3O2.C18H27N5O3.2C17H23N5O2.C17H20N4O2/c1-12-10-22(14-5-7-15(24-2)8-6-14)11-17(12)20-19(23)16-9-18(25-21-16)13-3-4-13;1-12-4-3-5-15(8-12)22-10-13(2)17(11-22)20-19(23)16-9-18(24-21-16)14-6-7-14;1-12-9-22(11-17(24)23-6-4-19-5-7-23)10-15(12)20-18(25)14-8-16(26-21-14)13-2-3-13;1-11-8-22(10-16-18-5-6-21(16)2)9-14(11)19-17(23)13-7-15(24-20-13)12-3-4-12;1-11-8-22(9-13-5-6-18-21(13)2)10-15(11)19-17(23)14-7-16(24-20-14)12-3-4-12;1-11-9-21(13-3-2-6-18-8-13)10-15(11)19-17(22)14-7-16(23-20-14)12-4-5-12/h5-9,12-13,17H,3-4,10-11H2,1-2H3,(H,20,23);3-5,8-9,13-14,17H,6-7,10-11H2,1-2H3,(H,20,23);8,12-13,15,19H,2-7,9-11H2,1H3,(H,20,25);5-7,11-12,14H,3-4,8-10H2,1-2H3,(H,19,23);5-7,11-12,15H,3-4,8-10H2,1-2H3,(H,19,23);2-3,6-8,11-12,15H,4-5,9-10H2,1H3,(H,19,22)/t12-,17+;13-,17+;12-,15+;11-,14+;11-,15+;11-,15-/m000001/s1. The predicted octanol–water partition coefficient (Wildman–Crippen LogP) is 11.2. The number of nitrogens with one attached hydrogen (secondary N) is 7. The van der Waals surface area contributed by atoms with E-state index in [4.69, 9.17) is 31.9 Å². The maximum atomic E-state index is 12.5. The van der Waals surface area contributed by atoms with Crippen molar-refractivity contribution in [1.82, 2.24) is 112 Å². The van der Waals surface area contributed by atoms with E-state index in [1.54, 1.807) is 49.7 Å². The van der Waals surface area contributed by atoms with Crippen LogP contribution in [0, 0.1) is 42.4 Å². The summed E-state index contributed by atoms with van der Waals surface area (Å²) in [7, 11) is 5.62. The highest BCUT2D eigenvalue weighted by Gasteiger charge is 2.43. The van der Waals surface area contributed by atoms with E-state index in [-0.39, 0.29) is 77.6 Å². The molecule has 7 N–H and O–H groups in total. The molecule has 0 bridgehead atoms. The molecule has 776 valence electrons. The molecule has 6 saturated carbocycles. The molecule has 7 saturated heterocycles. The molecule has 13 aliphatic rings. The fourth-order valence-corrected chi connectivity index (χ4v) is 20.3. The van der Waals surface area contributed by atoms with Gasteiger partial charge in [-0.2, -0.15) is 5.10 Å². The first-order valence-corrected chi connectivity index (χ1v) is 52.3. The molecule has 39 nitrogen and oxygen atoms in total. The van der Waals surface area contributed by atoms with Crippen molar-refractivity contribution in [1.29, 1.82) is 0 Å². The van der Waals surface area contributed by atoms with Crippen molar-refractivity contribution < 1.29 is 65.4 Å². The van der Waals surface area contributed by atoms with Crippen LogP contribution >= 0.6 is 0 Å². The van der Waals surface area contributed by atoms with E-state index in [9.17, 15) is 33.6 Å². The Bertz CT molecular complexity index is 6120. The van der Waals surface area contributed by atoms with E-state index < -0.39 is 0 Å². The normalized spacial score (nSPS) is 24.4. The summed E-state index contributed by atoms with van der Waals surface area (Å²) in [4.78, 5) is 111. The van der Waals surface area contributed by atoms with Crippen LogP contribution in [0.25, 0.3) is 0 Å². The summed E-state index contributed by atoms with van der Waals surface area (Å²) in [5.74, 6) is 11.2. The van der Waals surface area contributed by atoms with Crippen LogP contribution in [0.2, 0.25) is 0 Å². The number of piperazine rings is 1. The maximum absolute atomic E-state index is 12.5. The van der Waals surface area contributed by atoms with Crippen LogP contribution in [0.4, 0.5) is 17.1 Å². The van der Waals surface area contributed by atoms with Gasteiger partial charge in [0.15, 0.2) is 34.2 Å². The summed E-state index contributed by atoms with van der Waals surface area (Å²) in [5.41, 5.74) is 8.21. The van der Waals surface area contributed by atoms with E-state index in [2.05, 4.69) is 197 Å². The fourth-order valence-electron chi connectivity index (χ4n) is 20.3. The number of benzene rings is 2. The molecule has 2 aromatic carbocycles. The predicted molar refractivity (Wildman–Crippen MR) is 541 cm³/mol. The largest absolute Gasteiger partial charge is 0.497 e. The molecule has 7 aliphatic heterocycles. The van der Waals surface area contributed by atoms with Crippen molar-refractivity contribution in [2.24, 2.45) is 49.6 Å². The molecule has 24 rings (SSSR count). The molecular formula is C107H139N25O14. The van der Waals surface area contributed by atoms with Gasteiger partial charge in [-0.1, -0.05) is 84.6 Å². The van der Waals surface area contributed by atoms with Gasteiger partial charge in [-0.05, 0) is 180 Å². The summed E-state index contributed by atoms with van der Waals surface area (Å²) >= 11 is 0. The van der Waals surface area contributed by atoms with Gasteiger partial charge in [-0.25, -0.2) is 4.98 Å². The average molecular weight is 2000 g/mol. The second kappa shape index (κ2) is 45.7. The number of anilines is 3. The van der Waals surface area contributed by atoms with Crippen LogP contribution < -0.4 is 56.7 Å². The molecule has 13 fully saturated rings. The minimum atomic E-state index is -0.187. The molecule has 11 aromatic rings. The zero-order valence-corrected chi connectivity index (χ0v) is 85.3. The molecule has 12 atom stereocenters. The number of hydrogen-bond donors (Lipinski definition) is 7. The van der Waals surface area contributed by atoms with Gasteiger partial charge < -0.3 is 93.3 Å². The van der Waals surface area contributed by atoms with Crippen LogP contribution in [0.3, 0.4) is 0 Å². The Balaban J connectivity index is 0.000000111. The van der Waals surface area contributed by atoms with Gasteiger partial charge in [0.2, 0.25) is 5.91 Å². The zero-order chi connectivity index (χ0) is 101.